The van der Waals surface area contributed by atoms with Crippen LogP contribution in [0.5, 0.6) is 0 Å². The van der Waals surface area contributed by atoms with Crippen molar-refractivity contribution >= 4 is 148 Å². The van der Waals surface area contributed by atoms with Crippen LogP contribution in [-0.2, 0) is 79.6 Å². The molecule has 4 heterocycles. The predicted octanol–water partition coefficient (Wildman–Crippen LogP) is 22.1. The Balaban J connectivity index is 0.000000139. The molecule has 13 aromatic rings. The van der Waals surface area contributed by atoms with E-state index < -0.39 is 55.4 Å². The second-order valence-electron chi connectivity index (χ2n) is 32.5. The first kappa shape index (κ1) is 102. The van der Waals surface area contributed by atoms with Crippen LogP contribution in [-0.4, -0.2) is 108 Å². The monoisotopic (exact) mass is 2010 g/mol. The van der Waals surface area contributed by atoms with Crippen molar-refractivity contribution in [1.29, 1.82) is 0 Å². The standard InChI is InChI=1S/C18H16O3S.C17H14ClNO3S.C17H16FNO3S2.C17H14FNO3S.C17H20FNO3S.C16H14N2O3S/c1-20-21-22-15-9-7-13(8-10-15)16-11-12-17(19)18(16)14-5-3-2-4-6-14;1-23(21,22)15-8-2-12(3-9-15)16-10-11-17(20)19(16)14-6-4-13(18)5-7-14;1-10-3-6-16(13(18)7-10)23-17-9-12-11(4-5-15(12)20)8-14(17)19-24(2,21)22;1-23(21,22)15-8-2-12(3-9-15)16-10-11-17(20)19(16)14-6-4-13(18)5-7-14;1-11-19-16(12-6-4-3-5-7-12)17(22-11)13-8-9-15(14(18)10-13)23(2,20)21;1-11-18-15(12-5-3-2-4-6-12)16(21-11)13-7-9-14(10-8-13)22(17,19)20/h2-10H,11-12H2,1H3;2-10H,11H2,1H3;3,6-9,19H,4-5H2,1-2H3;2-10H,11H2,1H3;8-10,12H,3-7H2,1-2H3;2-10H,1H3,(H2,17,19,20). The molecule has 1 saturated carbocycles. The fraction of sp³-hybridized carbons (Fsp3) is 0.196. The lowest BCUT2D eigenvalue weighted by Crippen LogP contribution is -2.23. The number of nitrogens with two attached hydrogens (primary N) is 1. The summed E-state index contributed by atoms with van der Waals surface area (Å²) in [7, 11) is -15.8. The molecule has 18 rings (SSSR count). The summed E-state index contributed by atoms with van der Waals surface area (Å²) in [6, 6.07) is 71.6. The van der Waals surface area contributed by atoms with Gasteiger partial charge < -0.3 is 8.83 Å². The van der Waals surface area contributed by atoms with Crippen molar-refractivity contribution in [2.24, 2.45) is 5.14 Å². The van der Waals surface area contributed by atoms with Crippen molar-refractivity contribution in [2.75, 3.05) is 46.7 Å². The van der Waals surface area contributed by atoms with Gasteiger partial charge in [-0.05, 0) is 223 Å². The van der Waals surface area contributed by atoms with Gasteiger partial charge in [0.05, 0.1) is 62.9 Å². The van der Waals surface area contributed by atoms with E-state index in [2.05, 4.69) is 19.6 Å². The number of anilines is 3. The quantitative estimate of drug-likeness (QED) is 0.0383. The highest BCUT2D eigenvalue weighted by molar-refractivity contribution is 7.99. The van der Waals surface area contributed by atoms with Crippen LogP contribution in [0.4, 0.5) is 30.2 Å². The van der Waals surface area contributed by atoms with Crippen molar-refractivity contribution in [3.63, 3.8) is 0 Å². The minimum Gasteiger partial charge on any atom is -0.441 e. The third kappa shape index (κ3) is 26.5. The smallest absolute Gasteiger partial charge is 0.238 e. The maximum Gasteiger partial charge on any atom is 0.238 e. The van der Waals surface area contributed by atoms with Gasteiger partial charge in [-0.15, -0.1) is 0 Å². The number of nitrogens with one attached hydrogen (secondary N) is 1. The molecule has 137 heavy (non-hydrogen) atoms. The van der Waals surface area contributed by atoms with Crippen LogP contribution in [0.15, 0.2) is 310 Å². The number of halogens is 4. The molecule has 2 aromatic heterocycles. The highest BCUT2D eigenvalue weighted by Gasteiger charge is 2.32. The number of carbonyl (C=O) groups is 4. The Labute approximate surface area is 807 Å². The number of amides is 2. The molecule has 0 saturated heterocycles. The lowest BCUT2D eigenvalue weighted by Gasteiger charge is -2.21. The highest BCUT2D eigenvalue weighted by Crippen LogP contribution is 2.44. The molecule has 3 N–H and O–H groups in total. The molecule has 0 spiro atoms. The average molecular weight is 2010 g/mol. The summed E-state index contributed by atoms with van der Waals surface area (Å²) in [5.41, 5.74) is 14.7. The van der Waals surface area contributed by atoms with E-state index in [1.807, 2.05) is 91.0 Å². The SMILES string of the molecule is COOSc1ccc(C2=C(c3ccccc3)C(=O)CC2)cc1.CS(=O)(=O)c1ccc(C2=CCC(=O)N2c2ccc(Cl)cc2)cc1.CS(=O)(=O)c1ccc(C2=CCC(=O)N2c2ccc(F)cc2)cc1.Cc1ccc(Sc2cc3c(cc2NS(C)(=O)=O)CCC3=O)c(F)c1.Cc1nc(-c2ccccc2)c(-c2ccc(S(N)(=O)=O)cc2)o1.Cc1nc(C2CCCCC2)c(-c2ccc(S(C)(=O)=O)c(F)c2)o1. The third-order valence-electron chi connectivity index (χ3n) is 22.2. The van der Waals surface area contributed by atoms with E-state index in [0.717, 1.165) is 158 Å². The normalized spacial score (nSPS) is 14.5. The van der Waals surface area contributed by atoms with Crippen LogP contribution in [0.25, 0.3) is 56.4 Å². The first-order chi connectivity index (χ1) is 65.0. The summed E-state index contributed by atoms with van der Waals surface area (Å²) >= 11 is 8.16. The van der Waals surface area contributed by atoms with Gasteiger partial charge in [-0.1, -0.05) is 158 Å². The summed E-state index contributed by atoms with van der Waals surface area (Å²) in [5.74, 6) is 1.19. The number of hydrogen-bond acceptors (Lipinski definition) is 22. The summed E-state index contributed by atoms with van der Waals surface area (Å²) in [6.07, 6.45) is 16.6. The lowest BCUT2D eigenvalue weighted by molar-refractivity contribution is -0.160. The molecule has 3 aliphatic carbocycles. The van der Waals surface area contributed by atoms with Crippen molar-refractivity contribution < 1.29 is 92.5 Å². The van der Waals surface area contributed by atoms with Crippen molar-refractivity contribution in [2.45, 2.75) is 132 Å². The predicted molar refractivity (Wildman–Crippen MR) is 527 cm³/mol. The molecule has 2 aliphatic heterocycles. The Hall–Kier alpha value is -12.5. The molecule has 11 aromatic carbocycles. The van der Waals surface area contributed by atoms with Gasteiger partial charge in [0.2, 0.25) is 31.9 Å². The number of benzene rings is 11. The van der Waals surface area contributed by atoms with Gasteiger partial charge >= 0.3 is 0 Å². The number of fused-ring (bicyclic) bond motifs is 1. The Kier molecular flexibility index (Phi) is 33.0. The number of nitrogens with zero attached hydrogens (tertiary/aromatic N) is 4. The molecular weight excluding hydrogens is 1910 g/mol. The molecule has 24 nitrogen and oxygen atoms in total. The number of oxazole rings is 2. The number of Topliss-reactive ketones (excluding diaryl/α,β-unsaturated/α-hetero) is 2. The molecule has 710 valence electrons. The van der Waals surface area contributed by atoms with Gasteiger partial charge in [0.25, 0.3) is 0 Å². The molecular formula is C102H94ClF3N6O18S7. The number of sulfonamides is 2. The Morgan fingerprint density at radius 3 is 1.52 bits per heavy atom. The van der Waals surface area contributed by atoms with Gasteiger partial charge in [-0.3, -0.25) is 33.7 Å². The van der Waals surface area contributed by atoms with Gasteiger partial charge in [0, 0.05) is 123 Å². The molecule has 0 radical (unpaired) electrons. The zero-order chi connectivity index (χ0) is 98.4. The van der Waals surface area contributed by atoms with E-state index >= 15 is 0 Å². The number of rotatable bonds is 21. The molecule has 0 bridgehead atoms. The minimum absolute atomic E-state index is 0.0298. The molecule has 35 heteroatoms. The fourth-order valence-corrected chi connectivity index (χ4v) is 20.3. The van der Waals surface area contributed by atoms with Crippen LogP contribution < -0.4 is 19.7 Å². The molecule has 0 atom stereocenters. The largest absolute Gasteiger partial charge is 0.441 e. The topological polar surface area (TPSA) is 354 Å². The molecule has 1 fully saturated rings. The van der Waals surface area contributed by atoms with Gasteiger partial charge in [0.15, 0.2) is 64.4 Å². The molecule has 2 amide bonds. The molecule has 0 unspecified atom stereocenters. The van der Waals surface area contributed by atoms with E-state index in [-0.39, 0.29) is 61.0 Å². The van der Waals surface area contributed by atoms with Crippen LogP contribution >= 0.6 is 35.4 Å². The first-order valence-electron chi connectivity index (χ1n) is 42.8. The van der Waals surface area contributed by atoms with E-state index in [1.165, 1.54) is 91.4 Å². The van der Waals surface area contributed by atoms with E-state index in [0.29, 0.717) is 97.9 Å². The lowest BCUT2D eigenvalue weighted by atomic mass is 9.85. The summed E-state index contributed by atoms with van der Waals surface area (Å²) in [4.78, 5) is 67.3. The van der Waals surface area contributed by atoms with E-state index in [9.17, 15) is 74.4 Å². The number of hydrogen-bond donors (Lipinski definition) is 2. The number of primary sulfonamides is 1. The fourth-order valence-electron chi connectivity index (χ4n) is 15.8. The Bertz CT molecular complexity index is 7250. The maximum absolute atomic E-state index is 14.2. The van der Waals surface area contributed by atoms with Crippen LogP contribution in [0.1, 0.15) is 131 Å². The van der Waals surface area contributed by atoms with Gasteiger partial charge in [-0.25, -0.2) is 75.3 Å². The van der Waals surface area contributed by atoms with Crippen LogP contribution in [0, 0.1) is 38.2 Å². The number of carbonyl (C=O) groups excluding carboxylic acids is 4. The zero-order valence-corrected chi connectivity index (χ0v) is 81.8. The maximum atomic E-state index is 14.2. The van der Waals surface area contributed by atoms with Crippen LogP contribution in [0.3, 0.4) is 0 Å². The second kappa shape index (κ2) is 44.3. The average Bonchev–Trinajstić information content (AvgIpc) is 1.71. The minimum atomic E-state index is -3.71. The third-order valence-corrected chi connectivity index (χ3v) is 29.1. The van der Waals surface area contributed by atoms with Crippen molar-refractivity contribution in [3.05, 3.63) is 346 Å². The number of aryl methyl sites for hydroxylation is 4. The van der Waals surface area contributed by atoms with E-state index in [4.69, 9.17) is 29.9 Å². The number of allylic oxidation sites excluding steroid dienone is 2. The zero-order valence-electron chi connectivity index (χ0n) is 75.3. The van der Waals surface area contributed by atoms with E-state index in [1.54, 1.807) is 135 Å². The molecule has 5 aliphatic rings. The van der Waals surface area contributed by atoms with Crippen LogP contribution in [0.2, 0.25) is 5.02 Å². The van der Waals surface area contributed by atoms with Gasteiger partial charge in [0.1, 0.15) is 28.0 Å². The summed E-state index contributed by atoms with van der Waals surface area (Å²) in [5, 5.41) is 5.71. The van der Waals surface area contributed by atoms with Gasteiger partial charge in [-0.2, -0.15) is 4.33 Å². The number of ketones is 2. The Morgan fingerprint density at radius 1 is 0.482 bits per heavy atom. The summed E-state index contributed by atoms with van der Waals surface area (Å²) < 4.78 is 175. The highest BCUT2D eigenvalue weighted by atomic mass is 35.5. The number of sulfone groups is 3. The Morgan fingerprint density at radius 2 is 0.993 bits per heavy atom. The second-order valence-corrected chi connectivity index (χ2v) is 44.1. The first-order valence-corrected chi connectivity index (χ1v) is 53.8. The summed E-state index contributed by atoms with van der Waals surface area (Å²) in [6.45, 7) is 5.34. The van der Waals surface area contributed by atoms with Crippen molar-refractivity contribution in [1.82, 2.24) is 9.97 Å². The van der Waals surface area contributed by atoms with Crippen molar-refractivity contribution in [3.8, 4) is 33.9 Å². The number of aromatic nitrogens is 2.